The van der Waals surface area contributed by atoms with Crippen LogP contribution in [0.1, 0.15) is 38.4 Å². The lowest BCUT2D eigenvalue weighted by Gasteiger charge is -2.29. The monoisotopic (exact) mass is 345 g/mol. The molecule has 2 amide bonds. The molecule has 0 bridgehead atoms. The van der Waals surface area contributed by atoms with E-state index in [-0.39, 0.29) is 25.0 Å². The molecule has 0 aliphatic heterocycles. The summed E-state index contributed by atoms with van der Waals surface area (Å²) in [6.07, 6.45) is 2.38. The van der Waals surface area contributed by atoms with E-state index in [4.69, 9.17) is 4.42 Å². The number of hydrogen-bond donors (Lipinski definition) is 3. The molecule has 25 heavy (non-hydrogen) atoms. The van der Waals surface area contributed by atoms with Gasteiger partial charge >= 0.3 is 6.03 Å². The molecule has 6 nitrogen and oxygen atoms in total. The Hall–Kier alpha value is -2.34. The number of nitrogens with one attached hydrogen (secondary N) is 2. The smallest absolute Gasteiger partial charge is 0.315 e. The number of amides is 2. The van der Waals surface area contributed by atoms with Crippen LogP contribution in [-0.2, 0) is 6.54 Å². The van der Waals surface area contributed by atoms with Crippen LogP contribution in [0.3, 0.4) is 0 Å². The Morgan fingerprint density at radius 3 is 2.64 bits per heavy atom. The van der Waals surface area contributed by atoms with Gasteiger partial charge in [-0.15, -0.1) is 0 Å². The van der Waals surface area contributed by atoms with Crippen LogP contribution in [0.5, 0.6) is 0 Å². The van der Waals surface area contributed by atoms with Gasteiger partial charge in [0.2, 0.25) is 5.89 Å². The molecule has 136 valence electrons. The molecule has 1 aromatic heterocycles. The molecule has 0 saturated heterocycles. The first-order chi connectivity index (χ1) is 11.8. The number of oxazole rings is 1. The Morgan fingerprint density at radius 2 is 2.00 bits per heavy atom. The molecule has 2 rings (SSSR count). The minimum atomic E-state index is -0.932. The van der Waals surface area contributed by atoms with Crippen molar-refractivity contribution in [3.8, 4) is 11.5 Å². The van der Waals surface area contributed by atoms with Crippen molar-refractivity contribution in [3.05, 3.63) is 41.8 Å². The molecular weight excluding hydrogens is 318 g/mol. The number of urea groups is 1. The predicted molar refractivity (Wildman–Crippen MR) is 97.0 cm³/mol. The molecule has 1 heterocycles. The number of carbonyl (C=O) groups excluding carboxylic acids is 1. The van der Waals surface area contributed by atoms with Crippen molar-refractivity contribution in [2.24, 2.45) is 5.92 Å². The standard InChI is InChI=1S/C19H27N3O3/c1-5-14(3)19(4,24)12-21-18(23)20-10-16-11-25-17(22-16)15-8-6-13(2)7-9-15/h6-9,11,14,24H,5,10,12H2,1-4H3,(H2,20,21,23). The number of carbonyl (C=O) groups is 1. The van der Waals surface area contributed by atoms with Crippen LogP contribution in [0.25, 0.3) is 11.5 Å². The topological polar surface area (TPSA) is 87.4 Å². The molecule has 0 spiro atoms. The van der Waals surface area contributed by atoms with Gasteiger partial charge in [0.1, 0.15) is 6.26 Å². The van der Waals surface area contributed by atoms with Gasteiger partial charge in [-0.3, -0.25) is 0 Å². The van der Waals surface area contributed by atoms with Crippen molar-refractivity contribution in [2.45, 2.75) is 46.3 Å². The third kappa shape index (κ3) is 5.32. The van der Waals surface area contributed by atoms with E-state index in [1.165, 1.54) is 11.8 Å². The van der Waals surface area contributed by atoms with Crippen LogP contribution in [0, 0.1) is 12.8 Å². The van der Waals surface area contributed by atoms with E-state index < -0.39 is 5.60 Å². The van der Waals surface area contributed by atoms with E-state index in [0.717, 1.165) is 12.0 Å². The number of benzene rings is 1. The Balaban J connectivity index is 1.83. The summed E-state index contributed by atoms with van der Waals surface area (Å²) in [5.41, 5.74) is 1.77. The number of rotatable bonds is 7. The van der Waals surface area contributed by atoms with Crippen LogP contribution in [0.4, 0.5) is 4.79 Å². The highest BCUT2D eigenvalue weighted by atomic mass is 16.3. The fourth-order valence-corrected chi connectivity index (χ4v) is 2.32. The van der Waals surface area contributed by atoms with Crippen LogP contribution in [0.15, 0.2) is 34.9 Å². The van der Waals surface area contributed by atoms with E-state index in [0.29, 0.717) is 11.6 Å². The van der Waals surface area contributed by atoms with Gasteiger partial charge in [0.25, 0.3) is 0 Å². The fourth-order valence-electron chi connectivity index (χ4n) is 2.32. The zero-order valence-corrected chi connectivity index (χ0v) is 15.3. The number of hydrogen-bond acceptors (Lipinski definition) is 4. The van der Waals surface area contributed by atoms with Crippen molar-refractivity contribution in [3.63, 3.8) is 0 Å². The molecular formula is C19H27N3O3. The molecule has 3 N–H and O–H groups in total. The molecule has 0 radical (unpaired) electrons. The summed E-state index contributed by atoms with van der Waals surface area (Å²) in [7, 11) is 0. The first kappa shape index (κ1) is 19.0. The largest absolute Gasteiger partial charge is 0.444 e. The van der Waals surface area contributed by atoms with Crippen molar-refractivity contribution in [1.82, 2.24) is 15.6 Å². The summed E-state index contributed by atoms with van der Waals surface area (Å²) < 4.78 is 5.46. The van der Waals surface area contributed by atoms with E-state index in [1.54, 1.807) is 6.92 Å². The van der Waals surface area contributed by atoms with Crippen LogP contribution < -0.4 is 10.6 Å². The number of aliphatic hydroxyl groups is 1. The molecule has 0 aliphatic carbocycles. The normalized spacial score (nSPS) is 14.6. The highest BCUT2D eigenvalue weighted by Gasteiger charge is 2.27. The van der Waals surface area contributed by atoms with Gasteiger partial charge in [-0.2, -0.15) is 0 Å². The first-order valence-corrected chi connectivity index (χ1v) is 8.57. The van der Waals surface area contributed by atoms with Crippen LogP contribution in [0.2, 0.25) is 0 Å². The molecule has 6 heteroatoms. The van der Waals surface area contributed by atoms with Crippen molar-refractivity contribution in [1.29, 1.82) is 0 Å². The zero-order chi connectivity index (χ0) is 18.4. The second-order valence-electron chi connectivity index (χ2n) is 6.71. The molecule has 0 saturated carbocycles. The van der Waals surface area contributed by atoms with Crippen LogP contribution in [-0.4, -0.2) is 28.3 Å². The summed E-state index contributed by atoms with van der Waals surface area (Å²) in [6.45, 7) is 8.17. The maximum absolute atomic E-state index is 11.9. The quantitative estimate of drug-likeness (QED) is 0.719. The summed E-state index contributed by atoms with van der Waals surface area (Å²) in [5.74, 6) is 0.623. The average molecular weight is 345 g/mol. The van der Waals surface area contributed by atoms with Crippen LogP contribution >= 0.6 is 0 Å². The highest BCUT2D eigenvalue weighted by Crippen LogP contribution is 2.19. The van der Waals surface area contributed by atoms with Gasteiger partial charge in [0.05, 0.1) is 17.8 Å². The molecule has 0 fully saturated rings. The Bertz CT molecular complexity index is 692. The maximum Gasteiger partial charge on any atom is 0.315 e. The second-order valence-corrected chi connectivity index (χ2v) is 6.71. The predicted octanol–water partition coefficient (Wildman–Crippen LogP) is 3.25. The van der Waals surface area contributed by atoms with E-state index >= 15 is 0 Å². The van der Waals surface area contributed by atoms with Gasteiger partial charge < -0.3 is 20.2 Å². The Morgan fingerprint density at radius 1 is 1.32 bits per heavy atom. The van der Waals surface area contributed by atoms with Gasteiger partial charge in [-0.1, -0.05) is 38.0 Å². The van der Waals surface area contributed by atoms with Crippen molar-refractivity contribution < 1.29 is 14.3 Å². The molecule has 2 unspecified atom stereocenters. The van der Waals surface area contributed by atoms with Crippen molar-refractivity contribution in [2.75, 3.05) is 6.54 Å². The Kier molecular flexibility index (Phi) is 6.20. The minimum absolute atomic E-state index is 0.0976. The average Bonchev–Trinajstić information content (AvgIpc) is 3.07. The number of nitrogens with zero attached hydrogens (tertiary/aromatic N) is 1. The highest BCUT2D eigenvalue weighted by molar-refractivity contribution is 5.73. The SMILES string of the molecule is CCC(C)C(C)(O)CNC(=O)NCc1coc(-c2ccc(C)cc2)n1. The molecule has 2 aromatic rings. The van der Waals surface area contributed by atoms with Gasteiger partial charge in [-0.25, -0.2) is 9.78 Å². The first-order valence-electron chi connectivity index (χ1n) is 8.57. The number of aryl methyl sites for hydroxylation is 1. The lowest BCUT2D eigenvalue weighted by atomic mass is 9.89. The Labute approximate surface area is 148 Å². The lowest BCUT2D eigenvalue weighted by Crippen LogP contribution is -2.47. The number of aromatic nitrogens is 1. The second kappa shape index (κ2) is 8.16. The minimum Gasteiger partial charge on any atom is -0.444 e. The summed E-state index contributed by atoms with van der Waals surface area (Å²) >= 11 is 0. The third-order valence-corrected chi connectivity index (χ3v) is 4.56. The van der Waals surface area contributed by atoms with E-state index in [2.05, 4.69) is 15.6 Å². The molecule has 2 atom stereocenters. The fraction of sp³-hybridized carbons (Fsp3) is 0.474. The maximum atomic E-state index is 11.9. The van der Waals surface area contributed by atoms with E-state index in [1.807, 2.05) is 45.0 Å². The summed E-state index contributed by atoms with van der Waals surface area (Å²) in [6, 6.07) is 7.54. The summed E-state index contributed by atoms with van der Waals surface area (Å²) in [5, 5.41) is 15.7. The van der Waals surface area contributed by atoms with E-state index in [9.17, 15) is 9.90 Å². The van der Waals surface area contributed by atoms with Crippen molar-refractivity contribution >= 4 is 6.03 Å². The van der Waals surface area contributed by atoms with Gasteiger partial charge in [0.15, 0.2) is 0 Å². The lowest BCUT2D eigenvalue weighted by molar-refractivity contribution is 0.00790. The summed E-state index contributed by atoms with van der Waals surface area (Å²) in [4.78, 5) is 16.3. The molecule has 1 aromatic carbocycles. The van der Waals surface area contributed by atoms with Gasteiger partial charge in [0, 0.05) is 12.1 Å². The van der Waals surface area contributed by atoms with Gasteiger partial charge in [-0.05, 0) is 31.9 Å². The third-order valence-electron chi connectivity index (χ3n) is 4.56. The molecule has 0 aliphatic rings. The zero-order valence-electron chi connectivity index (χ0n) is 15.3.